The Morgan fingerprint density at radius 1 is 1.10 bits per heavy atom. The smallest absolute Gasteiger partial charge is 0.265 e. The molecule has 1 aromatic carbocycles. The maximum Gasteiger partial charge on any atom is 0.265 e. The van der Waals surface area contributed by atoms with Crippen LogP contribution in [0.25, 0.3) is 0 Å². The van der Waals surface area contributed by atoms with Gasteiger partial charge in [-0.05, 0) is 37.5 Å². The van der Waals surface area contributed by atoms with Crippen LogP contribution in [0.5, 0.6) is 5.75 Å². The first kappa shape index (κ1) is 18.2. The average Bonchev–Trinajstić information content (AvgIpc) is 2.38. The molecule has 0 saturated carbocycles. The molecule has 0 aliphatic heterocycles. The zero-order valence-corrected chi connectivity index (χ0v) is 14.1. The summed E-state index contributed by atoms with van der Waals surface area (Å²) in [5.41, 5.74) is 1.54. The SMILES string of the molecule is COCCCOCCOc1c(C)cc(C)cc1S(=O)(=O)Cl. The highest BCUT2D eigenvalue weighted by Gasteiger charge is 2.19. The van der Waals surface area contributed by atoms with E-state index >= 15 is 0 Å². The van der Waals surface area contributed by atoms with Crippen molar-refractivity contribution in [1.29, 1.82) is 0 Å². The molecular formula is C14H21ClO5S. The van der Waals surface area contributed by atoms with E-state index in [1.54, 1.807) is 21.0 Å². The first-order valence-electron chi connectivity index (χ1n) is 6.61. The molecule has 0 aliphatic rings. The van der Waals surface area contributed by atoms with Crippen LogP contribution in [0.3, 0.4) is 0 Å². The predicted molar refractivity (Wildman–Crippen MR) is 81.8 cm³/mol. The lowest BCUT2D eigenvalue weighted by Crippen LogP contribution is -2.11. The van der Waals surface area contributed by atoms with Crippen molar-refractivity contribution >= 4 is 19.7 Å². The Morgan fingerprint density at radius 2 is 1.81 bits per heavy atom. The average molecular weight is 337 g/mol. The van der Waals surface area contributed by atoms with Crippen LogP contribution in [-0.2, 0) is 18.5 Å². The van der Waals surface area contributed by atoms with Gasteiger partial charge in [-0.1, -0.05) is 6.07 Å². The summed E-state index contributed by atoms with van der Waals surface area (Å²) in [6.07, 6.45) is 0.807. The summed E-state index contributed by atoms with van der Waals surface area (Å²) in [7, 11) is 3.25. The van der Waals surface area contributed by atoms with Crippen molar-refractivity contribution in [3.63, 3.8) is 0 Å². The second-order valence-electron chi connectivity index (χ2n) is 4.65. The van der Waals surface area contributed by atoms with E-state index in [1.807, 2.05) is 6.07 Å². The van der Waals surface area contributed by atoms with E-state index in [0.717, 1.165) is 17.5 Å². The van der Waals surface area contributed by atoms with E-state index in [0.29, 0.717) is 19.8 Å². The highest BCUT2D eigenvalue weighted by molar-refractivity contribution is 8.13. The summed E-state index contributed by atoms with van der Waals surface area (Å²) in [4.78, 5) is 0.000972. The molecule has 0 bridgehead atoms. The normalized spacial score (nSPS) is 11.6. The largest absolute Gasteiger partial charge is 0.489 e. The second-order valence-corrected chi connectivity index (χ2v) is 7.19. The van der Waals surface area contributed by atoms with Crippen molar-refractivity contribution in [3.8, 4) is 5.75 Å². The zero-order valence-electron chi connectivity index (χ0n) is 12.5. The fourth-order valence-corrected chi connectivity index (χ4v) is 3.00. The molecule has 0 atom stereocenters. The molecule has 1 rings (SSSR count). The van der Waals surface area contributed by atoms with Crippen LogP contribution in [0.15, 0.2) is 17.0 Å². The Balaban J connectivity index is 2.63. The van der Waals surface area contributed by atoms with E-state index in [9.17, 15) is 8.42 Å². The van der Waals surface area contributed by atoms with Gasteiger partial charge in [0.15, 0.2) is 0 Å². The number of aryl methyl sites for hydroxylation is 2. The predicted octanol–water partition coefficient (Wildman–Crippen LogP) is 2.66. The van der Waals surface area contributed by atoms with E-state index in [4.69, 9.17) is 24.9 Å². The molecule has 7 heteroatoms. The summed E-state index contributed by atoms with van der Waals surface area (Å²) in [5, 5.41) is 0. The molecule has 0 N–H and O–H groups in total. The Hall–Kier alpha value is -0.820. The minimum absolute atomic E-state index is 0.000972. The minimum atomic E-state index is -3.84. The monoisotopic (exact) mass is 336 g/mol. The summed E-state index contributed by atoms with van der Waals surface area (Å²) >= 11 is 0. The van der Waals surface area contributed by atoms with Crippen LogP contribution < -0.4 is 4.74 Å². The molecule has 0 heterocycles. The van der Waals surface area contributed by atoms with Crippen LogP contribution >= 0.6 is 10.7 Å². The third-order valence-corrected chi connectivity index (χ3v) is 4.09. The molecule has 1 aromatic rings. The zero-order chi connectivity index (χ0) is 15.9. The van der Waals surface area contributed by atoms with Crippen LogP contribution in [0.1, 0.15) is 17.5 Å². The van der Waals surface area contributed by atoms with Gasteiger partial charge in [-0.3, -0.25) is 0 Å². The standard InChI is InChI=1S/C14H21ClO5S/c1-11-9-12(2)14(13(10-11)21(15,16)17)20-8-7-19-6-4-5-18-3/h9-10H,4-8H2,1-3H3. The van der Waals surface area contributed by atoms with Gasteiger partial charge in [0.2, 0.25) is 0 Å². The molecule has 0 aromatic heterocycles. The summed E-state index contributed by atoms with van der Waals surface area (Å²) in [5.74, 6) is 0.288. The summed E-state index contributed by atoms with van der Waals surface area (Å²) in [6, 6.07) is 3.35. The Morgan fingerprint density at radius 3 is 2.43 bits per heavy atom. The number of benzene rings is 1. The fraction of sp³-hybridized carbons (Fsp3) is 0.571. The molecule has 0 saturated heterocycles. The van der Waals surface area contributed by atoms with Gasteiger partial charge in [-0.2, -0.15) is 0 Å². The summed E-state index contributed by atoms with van der Waals surface area (Å²) in [6.45, 7) is 5.45. The number of rotatable bonds is 9. The highest BCUT2D eigenvalue weighted by Crippen LogP contribution is 2.31. The van der Waals surface area contributed by atoms with Gasteiger partial charge < -0.3 is 14.2 Å². The van der Waals surface area contributed by atoms with E-state index in [-0.39, 0.29) is 17.3 Å². The first-order chi connectivity index (χ1) is 9.86. The fourth-order valence-electron chi connectivity index (χ4n) is 1.89. The van der Waals surface area contributed by atoms with Gasteiger partial charge in [0.05, 0.1) is 6.61 Å². The lowest BCUT2D eigenvalue weighted by molar-refractivity contribution is 0.0798. The quantitative estimate of drug-likeness (QED) is 0.512. The highest BCUT2D eigenvalue weighted by atomic mass is 35.7. The van der Waals surface area contributed by atoms with Crippen LogP contribution in [-0.4, -0.2) is 42.0 Å². The molecule has 0 spiro atoms. The summed E-state index contributed by atoms with van der Waals surface area (Å²) < 4.78 is 39.0. The first-order valence-corrected chi connectivity index (χ1v) is 8.92. The molecule has 0 fully saturated rings. The van der Waals surface area contributed by atoms with Gasteiger partial charge in [-0.15, -0.1) is 0 Å². The molecule has 21 heavy (non-hydrogen) atoms. The molecule has 120 valence electrons. The second kappa shape index (κ2) is 8.58. The van der Waals surface area contributed by atoms with E-state index in [2.05, 4.69) is 0 Å². The third kappa shape index (κ3) is 6.22. The maximum atomic E-state index is 11.6. The van der Waals surface area contributed by atoms with E-state index < -0.39 is 9.05 Å². The van der Waals surface area contributed by atoms with Crippen molar-refractivity contribution in [2.75, 3.05) is 33.5 Å². The Bertz CT molecular complexity index is 557. The molecule has 0 unspecified atom stereocenters. The van der Waals surface area contributed by atoms with Gasteiger partial charge in [0.1, 0.15) is 17.3 Å². The van der Waals surface area contributed by atoms with Crippen molar-refractivity contribution in [1.82, 2.24) is 0 Å². The van der Waals surface area contributed by atoms with Crippen molar-refractivity contribution in [3.05, 3.63) is 23.3 Å². The number of halogens is 1. The van der Waals surface area contributed by atoms with Crippen molar-refractivity contribution in [2.45, 2.75) is 25.2 Å². The number of methoxy groups -OCH3 is 1. The molecule has 5 nitrogen and oxygen atoms in total. The molecular weight excluding hydrogens is 316 g/mol. The van der Waals surface area contributed by atoms with Crippen LogP contribution in [0, 0.1) is 13.8 Å². The van der Waals surface area contributed by atoms with Crippen molar-refractivity contribution < 1.29 is 22.6 Å². The topological polar surface area (TPSA) is 61.8 Å². The molecule has 0 amide bonds. The van der Waals surface area contributed by atoms with Crippen LogP contribution in [0.4, 0.5) is 0 Å². The van der Waals surface area contributed by atoms with Gasteiger partial charge in [-0.25, -0.2) is 8.42 Å². The van der Waals surface area contributed by atoms with Gasteiger partial charge in [0.25, 0.3) is 9.05 Å². The minimum Gasteiger partial charge on any atom is -0.489 e. The van der Waals surface area contributed by atoms with Gasteiger partial charge in [0, 0.05) is 31.0 Å². The lowest BCUT2D eigenvalue weighted by Gasteiger charge is -2.13. The maximum absolute atomic E-state index is 11.6. The number of hydrogen-bond donors (Lipinski definition) is 0. The number of hydrogen-bond acceptors (Lipinski definition) is 5. The third-order valence-electron chi connectivity index (χ3n) is 2.76. The lowest BCUT2D eigenvalue weighted by atomic mass is 10.1. The van der Waals surface area contributed by atoms with Gasteiger partial charge >= 0.3 is 0 Å². The number of ether oxygens (including phenoxy) is 3. The van der Waals surface area contributed by atoms with Crippen LogP contribution in [0.2, 0.25) is 0 Å². The van der Waals surface area contributed by atoms with E-state index in [1.165, 1.54) is 6.07 Å². The Kier molecular flexibility index (Phi) is 7.45. The Labute approximate surface area is 130 Å². The van der Waals surface area contributed by atoms with Crippen molar-refractivity contribution in [2.24, 2.45) is 0 Å². The molecule has 0 radical (unpaired) electrons. The molecule has 0 aliphatic carbocycles.